The third kappa shape index (κ3) is 3.50. The maximum absolute atomic E-state index is 14.4. The number of rotatable bonds is 3. The highest BCUT2D eigenvalue weighted by Crippen LogP contribution is 2.42. The number of fused-ring (bicyclic) bond motifs is 1. The molecule has 3 rings (SSSR count). The van der Waals surface area contributed by atoms with Crippen molar-refractivity contribution in [3.63, 3.8) is 0 Å². The summed E-state index contributed by atoms with van der Waals surface area (Å²) in [6.45, 7) is 1.54. The van der Waals surface area contributed by atoms with Crippen LogP contribution in [0.2, 0.25) is 0 Å². The quantitative estimate of drug-likeness (QED) is 0.928. The lowest BCUT2D eigenvalue weighted by Gasteiger charge is -2.45. The van der Waals surface area contributed by atoms with Crippen LogP contribution >= 0.6 is 0 Å². The van der Waals surface area contributed by atoms with E-state index in [0.29, 0.717) is 23.7 Å². The molecule has 0 bridgehead atoms. The summed E-state index contributed by atoms with van der Waals surface area (Å²) in [6.07, 6.45) is 4.73. The fourth-order valence-corrected chi connectivity index (χ4v) is 3.95. The predicted molar refractivity (Wildman–Crippen MR) is 84.7 cm³/mol. The third-order valence-electron chi connectivity index (χ3n) is 5.02. The van der Waals surface area contributed by atoms with Gasteiger partial charge in [0, 0.05) is 30.5 Å². The standard InChI is InChI=1S/C18H24FNO3/c1-11(21)20-16-10-18(23-17-6-4-3-5-14(16)17)13-8-7-12(22-2)9-15(13)19/h7-9,14,16-18H,3-6,10H2,1-2H3,(H,20,21)/t14-,16+,17+,18+/m0/s1. The molecule has 1 amide bonds. The molecular formula is C18H24FNO3. The number of nitrogens with one attached hydrogen (secondary N) is 1. The molecule has 1 heterocycles. The molecule has 1 saturated heterocycles. The minimum absolute atomic E-state index is 0.0322. The molecule has 1 aromatic rings. The number of amides is 1. The van der Waals surface area contributed by atoms with Gasteiger partial charge in [0.1, 0.15) is 11.6 Å². The van der Waals surface area contributed by atoms with Crippen LogP contribution in [0.5, 0.6) is 5.75 Å². The lowest BCUT2D eigenvalue weighted by Crippen LogP contribution is -2.50. The Hall–Kier alpha value is -1.62. The van der Waals surface area contributed by atoms with Crippen LogP contribution in [0.3, 0.4) is 0 Å². The lowest BCUT2D eigenvalue weighted by atomic mass is 9.76. The molecule has 1 aliphatic heterocycles. The van der Waals surface area contributed by atoms with Gasteiger partial charge in [0.15, 0.2) is 0 Å². The van der Waals surface area contributed by atoms with Crippen molar-refractivity contribution in [3.05, 3.63) is 29.6 Å². The molecule has 23 heavy (non-hydrogen) atoms. The number of ether oxygens (including phenoxy) is 2. The van der Waals surface area contributed by atoms with Crippen molar-refractivity contribution in [2.24, 2.45) is 5.92 Å². The lowest BCUT2D eigenvalue weighted by molar-refractivity contribution is -0.131. The summed E-state index contributed by atoms with van der Waals surface area (Å²) >= 11 is 0. The molecule has 0 aromatic heterocycles. The molecule has 0 radical (unpaired) electrons. The van der Waals surface area contributed by atoms with Gasteiger partial charge in [-0.1, -0.05) is 12.8 Å². The molecule has 1 aliphatic carbocycles. The average Bonchev–Trinajstić information content (AvgIpc) is 2.54. The van der Waals surface area contributed by atoms with Crippen LogP contribution in [-0.2, 0) is 9.53 Å². The molecule has 0 spiro atoms. The highest BCUT2D eigenvalue weighted by atomic mass is 19.1. The van der Waals surface area contributed by atoms with Crippen LogP contribution in [0.4, 0.5) is 4.39 Å². The summed E-state index contributed by atoms with van der Waals surface area (Å²) in [6, 6.07) is 4.92. The van der Waals surface area contributed by atoms with Gasteiger partial charge in [0.05, 0.1) is 19.3 Å². The van der Waals surface area contributed by atoms with Gasteiger partial charge in [-0.2, -0.15) is 0 Å². The fraction of sp³-hybridized carbons (Fsp3) is 0.611. The molecule has 4 nitrogen and oxygen atoms in total. The molecule has 2 fully saturated rings. The Morgan fingerprint density at radius 1 is 1.35 bits per heavy atom. The molecule has 126 valence electrons. The van der Waals surface area contributed by atoms with Gasteiger partial charge in [-0.25, -0.2) is 4.39 Å². The van der Waals surface area contributed by atoms with Crippen molar-refractivity contribution in [3.8, 4) is 5.75 Å². The van der Waals surface area contributed by atoms with Gasteiger partial charge in [-0.15, -0.1) is 0 Å². The van der Waals surface area contributed by atoms with Crippen molar-refractivity contribution in [1.29, 1.82) is 0 Å². The summed E-state index contributed by atoms with van der Waals surface area (Å²) in [4.78, 5) is 11.5. The summed E-state index contributed by atoms with van der Waals surface area (Å²) in [5, 5.41) is 3.06. The third-order valence-corrected chi connectivity index (χ3v) is 5.02. The smallest absolute Gasteiger partial charge is 0.217 e. The van der Waals surface area contributed by atoms with Crippen molar-refractivity contribution in [2.75, 3.05) is 7.11 Å². The fourth-order valence-electron chi connectivity index (χ4n) is 3.95. The monoisotopic (exact) mass is 321 g/mol. The van der Waals surface area contributed by atoms with Crippen LogP contribution in [0.15, 0.2) is 18.2 Å². The van der Waals surface area contributed by atoms with E-state index in [1.807, 2.05) is 0 Å². The molecule has 5 heteroatoms. The Morgan fingerprint density at radius 2 is 2.13 bits per heavy atom. The highest BCUT2D eigenvalue weighted by Gasteiger charge is 2.41. The minimum atomic E-state index is -0.322. The normalized spacial score (nSPS) is 30.4. The largest absolute Gasteiger partial charge is 0.497 e. The zero-order valence-corrected chi connectivity index (χ0v) is 13.7. The maximum Gasteiger partial charge on any atom is 0.217 e. The van der Waals surface area contributed by atoms with Gasteiger partial charge in [0.2, 0.25) is 5.91 Å². The van der Waals surface area contributed by atoms with Crippen LogP contribution in [0.1, 0.15) is 50.7 Å². The number of hydrogen-bond acceptors (Lipinski definition) is 3. The second-order valence-corrected chi connectivity index (χ2v) is 6.54. The zero-order chi connectivity index (χ0) is 16.4. The number of carbonyl (C=O) groups is 1. The van der Waals surface area contributed by atoms with E-state index in [1.165, 1.54) is 26.5 Å². The molecule has 1 saturated carbocycles. The van der Waals surface area contributed by atoms with E-state index in [0.717, 1.165) is 19.3 Å². The first-order valence-corrected chi connectivity index (χ1v) is 8.34. The van der Waals surface area contributed by atoms with E-state index in [4.69, 9.17) is 9.47 Å². The number of benzene rings is 1. The first kappa shape index (κ1) is 16.2. The summed E-state index contributed by atoms with van der Waals surface area (Å²) in [5.74, 6) is 0.488. The van der Waals surface area contributed by atoms with E-state index >= 15 is 0 Å². The maximum atomic E-state index is 14.4. The van der Waals surface area contributed by atoms with E-state index in [9.17, 15) is 9.18 Å². The number of carbonyl (C=O) groups excluding carboxylic acids is 1. The van der Waals surface area contributed by atoms with Crippen molar-refractivity contribution in [2.45, 2.75) is 57.3 Å². The van der Waals surface area contributed by atoms with E-state index in [2.05, 4.69) is 5.32 Å². The molecular weight excluding hydrogens is 297 g/mol. The van der Waals surface area contributed by atoms with Gasteiger partial charge < -0.3 is 14.8 Å². The summed E-state index contributed by atoms with van der Waals surface area (Å²) in [7, 11) is 1.52. The van der Waals surface area contributed by atoms with Crippen LogP contribution < -0.4 is 10.1 Å². The number of methoxy groups -OCH3 is 1. The van der Waals surface area contributed by atoms with Crippen molar-refractivity contribution >= 4 is 5.91 Å². The van der Waals surface area contributed by atoms with E-state index in [-0.39, 0.29) is 30.0 Å². The molecule has 1 N–H and O–H groups in total. The predicted octanol–water partition coefficient (Wildman–Crippen LogP) is 3.36. The highest BCUT2D eigenvalue weighted by molar-refractivity contribution is 5.73. The first-order valence-electron chi connectivity index (χ1n) is 8.34. The average molecular weight is 321 g/mol. The summed E-state index contributed by atoms with van der Waals surface area (Å²) in [5.41, 5.74) is 0.546. The van der Waals surface area contributed by atoms with Gasteiger partial charge in [-0.05, 0) is 31.4 Å². The van der Waals surface area contributed by atoms with Gasteiger partial charge >= 0.3 is 0 Å². The Bertz CT molecular complexity index is 577. The molecule has 4 atom stereocenters. The number of hydrogen-bond donors (Lipinski definition) is 1. The number of halogens is 1. The Kier molecular flexibility index (Phi) is 4.85. The topological polar surface area (TPSA) is 47.6 Å². The van der Waals surface area contributed by atoms with E-state index < -0.39 is 0 Å². The van der Waals surface area contributed by atoms with Crippen molar-refractivity contribution < 1.29 is 18.7 Å². The van der Waals surface area contributed by atoms with Crippen LogP contribution in [0, 0.1) is 11.7 Å². The Balaban J connectivity index is 1.83. The first-order chi connectivity index (χ1) is 11.1. The minimum Gasteiger partial charge on any atom is -0.497 e. The van der Waals surface area contributed by atoms with Crippen molar-refractivity contribution in [1.82, 2.24) is 5.32 Å². The van der Waals surface area contributed by atoms with Crippen LogP contribution in [0.25, 0.3) is 0 Å². The second-order valence-electron chi connectivity index (χ2n) is 6.54. The van der Waals surface area contributed by atoms with Gasteiger partial charge in [-0.3, -0.25) is 4.79 Å². The molecule has 0 unspecified atom stereocenters. The van der Waals surface area contributed by atoms with Crippen LogP contribution in [-0.4, -0.2) is 25.2 Å². The molecule has 2 aliphatic rings. The van der Waals surface area contributed by atoms with Gasteiger partial charge in [0.25, 0.3) is 0 Å². The Labute approximate surface area is 136 Å². The summed E-state index contributed by atoms with van der Waals surface area (Å²) < 4.78 is 25.7. The Morgan fingerprint density at radius 3 is 2.83 bits per heavy atom. The molecule has 1 aromatic carbocycles. The zero-order valence-electron chi connectivity index (χ0n) is 13.7. The van der Waals surface area contributed by atoms with E-state index in [1.54, 1.807) is 12.1 Å². The SMILES string of the molecule is COc1ccc([C@H]2C[C@@H](NC(C)=O)[C@@H]3CCCC[C@H]3O2)c(F)c1. The second kappa shape index (κ2) is 6.87.